The lowest BCUT2D eigenvalue weighted by molar-refractivity contribution is -0.140. The van der Waals surface area contributed by atoms with Crippen molar-refractivity contribution in [1.29, 1.82) is 0 Å². The molecule has 5 nitrogen and oxygen atoms in total. The molecule has 0 heterocycles. The monoisotopic (exact) mass is 154 g/mol. The first-order valence-electron chi connectivity index (χ1n) is 2.71. The van der Waals surface area contributed by atoms with Gasteiger partial charge in [-0.1, -0.05) is 12.7 Å². The Bertz CT molecular complexity index is 228. The highest BCUT2D eigenvalue weighted by atomic mass is 16.5. The second-order valence-corrected chi connectivity index (χ2v) is 1.49. The van der Waals surface area contributed by atoms with Crippen molar-refractivity contribution in [3.8, 4) is 0 Å². The van der Waals surface area contributed by atoms with Gasteiger partial charge in [-0.05, 0) is 0 Å². The molecule has 11 heavy (non-hydrogen) atoms. The Morgan fingerprint density at radius 3 is 2.73 bits per heavy atom. The summed E-state index contributed by atoms with van der Waals surface area (Å²) in [5.74, 6) is -0.970. The van der Waals surface area contributed by atoms with Crippen molar-refractivity contribution >= 4 is 18.0 Å². The minimum absolute atomic E-state index is 0.0221. The van der Waals surface area contributed by atoms with Crippen LogP contribution < -0.4 is 0 Å². The molecule has 0 aromatic rings. The van der Waals surface area contributed by atoms with Crippen LogP contribution in [0.5, 0.6) is 0 Å². The van der Waals surface area contributed by atoms with Crippen LogP contribution in [0.3, 0.4) is 0 Å². The van der Waals surface area contributed by atoms with Gasteiger partial charge < -0.3 is 10.3 Å². The third-order valence-electron chi connectivity index (χ3n) is 0.761. The Kier molecular flexibility index (Phi) is 4.27. The zero-order chi connectivity index (χ0) is 8.69. The van der Waals surface area contributed by atoms with Crippen molar-refractivity contribution in [3.63, 3.8) is 0 Å². The standard InChI is InChI=1S/C6H6N2O3/c1-2-3-11-6(10)5(4-9)8-7/h2,4H,1,3H2. The van der Waals surface area contributed by atoms with Gasteiger partial charge in [0.1, 0.15) is 6.61 Å². The van der Waals surface area contributed by atoms with Crippen LogP contribution in [0, 0.1) is 0 Å². The highest BCUT2D eigenvalue weighted by Crippen LogP contribution is 1.78. The maximum atomic E-state index is 10.6. The number of aldehydes is 1. The second kappa shape index (κ2) is 5.08. The van der Waals surface area contributed by atoms with Crippen molar-refractivity contribution in [2.24, 2.45) is 0 Å². The van der Waals surface area contributed by atoms with Crippen LogP contribution in [0.4, 0.5) is 0 Å². The maximum absolute atomic E-state index is 10.6. The van der Waals surface area contributed by atoms with Crippen molar-refractivity contribution in [1.82, 2.24) is 0 Å². The van der Waals surface area contributed by atoms with Gasteiger partial charge in [-0.3, -0.25) is 4.79 Å². The van der Waals surface area contributed by atoms with E-state index in [0.29, 0.717) is 0 Å². The topological polar surface area (TPSA) is 79.8 Å². The number of nitrogens with zero attached hydrogens (tertiary/aromatic N) is 2. The molecule has 0 amide bonds. The van der Waals surface area contributed by atoms with Gasteiger partial charge in [0.25, 0.3) is 0 Å². The summed E-state index contributed by atoms with van der Waals surface area (Å²) in [5.41, 5.74) is 7.37. The number of esters is 1. The molecule has 0 saturated carbocycles. The molecule has 0 radical (unpaired) electrons. The lowest BCUT2D eigenvalue weighted by atomic mass is 10.4. The summed E-state index contributed by atoms with van der Waals surface area (Å²) in [4.78, 5) is 22.9. The number of carbonyl (C=O) groups excluding carboxylic acids is 2. The van der Waals surface area contributed by atoms with Gasteiger partial charge in [-0.25, -0.2) is 4.79 Å². The number of hydrogen-bond donors (Lipinski definition) is 0. The largest absolute Gasteiger partial charge is 0.453 e. The highest BCUT2D eigenvalue weighted by Gasteiger charge is 2.19. The third-order valence-corrected chi connectivity index (χ3v) is 0.761. The summed E-state index contributed by atoms with van der Waals surface area (Å²) in [7, 11) is 0. The average Bonchev–Trinajstić information content (AvgIpc) is 2.03. The number of hydrogen-bond acceptors (Lipinski definition) is 3. The zero-order valence-corrected chi connectivity index (χ0v) is 5.69. The molecule has 0 aliphatic heterocycles. The van der Waals surface area contributed by atoms with Crippen LogP contribution in [0.15, 0.2) is 12.7 Å². The molecule has 0 saturated heterocycles. The molecular weight excluding hydrogens is 148 g/mol. The fraction of sp³-hybridized carbons (Fsp3) is 0.167. The van der Waals surface area contributed by atoms with Gasteiger partial charge in [0, 0.05) is 0 Å². The molecule has 0 aliphatic rings. The smallest absolute Gasteiger partial charge is 0.438 e. The van der Waals surface area contributed by atoms with Gasteiger partial charge in [0.05, 0.1) is 0 Å². The first-order chi connectivity index (χ1) is 5.26. The minimum atomic E-state index is -0.970. The van der Waals surface area contributed by atoms with Gasteiger partial charge in [0.15, 0.2) is 0 Å². The summed E-state index contributed by atoms with van der Waals surface area (Å²) in [6.07, 6.45) is 1.43. The Morgan fingerprint density at radius 2 is 2.36 bits per heavy atom. The first kappa shape index (κ1) is 9.26. The predicted octanol–water partition coefficient (Wildman–Crippen LogP) is -0.415. The SMILES string of the molecule is C=CCOC(=O)C(C=O)=[N+]=[N-]. The zero-order valence-electron chi connectivity index (χ0n) is 5.69. The summed E-state index contributed by atoms with van der Waals surface area (Å²) in [6, 6.07) is 0. The summed E-state index contributed by atoms with van der Waals surface area (Å²) in [6.45, 7) is 3.25. The maximum Gasteiger partial charge on any atom is 0.438 e. The van der Waals surface area contributed by atoms with E-state index in [0.717, 1.165) is 0 Å². The molecule has 0 rings (SSSR count). The van der Waals surface area contributed by atoms with Crippen LogP contribution >= 0.6 is 0 Å². The predicted molar refractivity (Wildman–Crippen MR) is 35.8 cm³/mol. The number of rotatable bonds is 4. The van der Waals surface area contributed by atoms with E-state index in [1.807, 2.05) is 0 Å². The van der Waals surface area contributed by atoms with Crippen molar-refractivity contribution in [3.05, 3.63) is 18.2 Å². The van der Waals surface area contributed by atoms with E-state index in [4.69, 9.17) is 5.53 Å². The molecule has 58 valence electrons. The van der Waals surface area contributed by atoms with E-state index in [2.05, 4.69) is 16.1 Å². The molecule has 0 bridgehead atoms. The molecule has 0 spiro atoms. The molecule has 0 aromatic heterocycles. The Hall–Kier alpha value is -1.74. The van der Waals surface area contributed by atoms with E-state index in [9.17, 15) is 9.59 Å². The minimum Gasteiger partial charge on any atom is -0.453 e. The van der Waals surface area contributed by atoms with Gasteiger partial charge in [0.2, 0.25) is 6.29 Å². The van der Waals surface area contributed by atoms with Crippen LogP contribution in [0.1, 0.15) is 0 Å². The molecular formula is C6H6N2O3. The quantitative estimate of drug-likeness (QED) is 0.105. The van der Waals surface area contributed by atoms with Crippen molar-refractivity contribution in [2.45, 2.75) is 0 Å². The fourth-order valence-corrected chi connectivity index (χ4v) is 0.321. The van der Waals surface area contributed by atoms with E-state index in [-0.39, 0.29) is 12.9 Å². The van der Waals surface area contributed by atoms with E-state index in [1.54, 1.807) is 0 Å². The fourth-order valence-electron chi connectivity index (χ4n) is 0.321. The lowest BCUT2D eigenvalue weighted by Gasteiger charge is -1.91. The third kappa shape index (κ3) is 3.07. The average molecular weight is 154 g/mol. The number of carbonyl (C=O) groups is 2. The normalized spacial score (nSPS) is 7.64. The molecule has 0 aliphatic carbocycles. The Labute approximate surface area is 62.9 Å². The number of ether oxygens (including phenoxy) is 1. The van der Waals surface area contributed by atoms with Crippen molar-refractivity contribution < 1.29 is 19.1 Å². The van der Waals surface area contributed by atoms with Gasteiger partial charge >= 0.3 is 11.7 Å². The van der Waals surface area contributed by atoms with Gasteiger partial charge in [-0.2, -0.15) is 4.79 Å². The molecule has 0 atom stereocenters. The van der Waals surface area contributed by atoms with Crippen LogP contribution in [0.2, 0.25) is 0 Å². The summed E-state index contributed by atoms with van der Waals surface area (Å²) in [5, 5.41) is 0. The molecule has 5 heteroatoms. The summed E-state index contributed by atoms with van der Waals surface area (Å²) < 4.78 is 4.36. The van der Waals surface area contributed by atoms with Crippen LogP contribution in [-0.4, -0.2) is 29.4 Å². The molecule has 0 fully saturated rings. The molecule has 0 unspecified atom stereocenters. The van der Waals surface area contributed by atoms with Crippen LogP contribution in [0.25, 0.3) is 5.53 Å². The highest BCUT2D eigenvalue weighted by molar-refractivity contribution is 6.55. The summed E-state index contributed by atoms with van der Waals surface area (Å²) >= 11 is 0. The van der Waals surface area contributed by atoms with E-state index >= 15 is 0 Å². The van der Waals surface area contributed by atoms with Gasteiger partial charge in [-0.15, -0.1) is 0 Å². The second-order valence-electron chi connectivity index (χ2n) is 1.49. The Morgan fingerprint density at radius 1 is 1.73 bits per heavy atom. The molecule has 0 N–H and O–H groups in total. The van der Waals surface area contributed by atoms with Crippen LogP contribution in [-0.2, 0) is 14.3 Å². The lowest BCUT2D eigenvalue weighted by Crippen LogP contribution is -2.19. The first-order valence-corrected chi connectivity index (χ1v) is 2.71. The Balaban J connectivity index is 4.12. The van der Waals surface area contributed by atoms with E-state index in [1.165, 1.54) is 6.08 Å². The van der Waals surface area contributed by atoms with Crippen molar-refractivity contribution in [2.75, 3.05) is 6.61 Å². The van der Waals surface area contributed by atoms with E-state index < -0.39 is 11.7 Å². The molecule has 0 aromatic carbocycles.